The number of nitrogens with two attached hydrogens (primary N) is 1. The van der Waals surface area contributed by atoms with Crippen molar-refractivity contribution in [3.05, 3.63) is 64.6 Å². The molecule has 3 aromatic rings. The van der Waals surface area contributed by atoms with E-state index in [-0.39, 0.29) is 10.5 Å². The molecule has 0 saturated heterocycles. The summed E-state index contributed by atoms with van der Waals surface area (Å²) in [5.41, 5.74) is 10.5. The Balaban J connectivity index is 2.16. The zero-order valence-electron chi connectivity index (χ0n) is 11.1. The molecule has 0 bridgehead atoms. The van der Waals surface area contributed by atoms with Crippen LogP contribution in [-0.4, -0.2) is 4.98 Å². The Bertz CT molecular complexity index is 903. The van der Waals surface area contributed by atoms with Gasteiger partial charge in [-0.05, 0) is 24.3 Å². The second kappa shape index (κ2) is 5.72. The number of fused-ring (bicyclic) bond motifs is 1. The number of hydrogen-bond donors (Lipinski definition) is 3. The molecule has 0 atom stereocenters. The summed E-state index contributed by atoms with van der Waals surface area (Å²) in [7, 11) is 0. The number of aromatic nitrogens is 1. The van der Waals surface area contributed by atoms with Crippen LogP contribution in [0.2, 0.25) is 0 Å². The summed E-state index contributed by atoms with van der Waals surface area (Å²) in [6, 6.07) is 17.1. The SMILES string of the molecule is N=c1sc2ccccc2nc(N)c1=NNc1ccccc1. The Morgan fingerprint density at radius 1 is 1.05 bits per heavy atom. The predicted molar refractivity (Wildman–Crippen MR) is 85.5 cm³/mol. The Kier molecular flexibility index (Phi) is 3.61. The van der Waals surface area contributed by atoms with Crippen molar-refractivity contribution in [2.75, 3.05) is 11.2 Å². The van der Waals surface area contributed by atoms with Crippen molar-refractivity contribution < 1.29 is 0 Å². The van der Waals surface area contributed by atoms with Gasteiger partial charge >= 0.3 is 0 Å². The lowest BCUT2D eigenvalue weighted by Gasteiger charge is -1.97. The summed E-state index contributed by atoms with van der Waals surface area (Å²) in [6.45, 7) is 0. The highest BCUT2D eigenvalue weighted by Gasteiger charge is 2.00. The van der Waals surface area contributed by atoms with E-state index in [9.17, 15) is 0 Å². The fourth-order valence-electron chi connectivity index (χ4n) is 1.83. The number of anilines is 2. The average molecular weight is 295 g/mol. The van der Waals surface area contributed by atoms with Crippen LogP contribution < -0.4 is 21.2 Å². The average Bonchev–Trinajstić information content (AvgIpc) is 2.62. The van der Waals surface area contributed by atoms with Gasteiger partial charge in [-0.1, -0.05) is 30.3 Å². The third-order valence-electron chi connectivity index (χ3n) is 2.85. The highest BCUT2D eigenvalue weighted by molar-refractivity contribution is 7.15. The van der Waals surface area contributed by atoms with Crippen molar-refractivity contribution in [2.45, 2.75) is 0 Å². The molecule has 1 aromatic heterocycles. The molecule has 0 unspecified atom stereocenters. The highest BCUT2D eigenvalue weighted by Crippen LogP contribution is 2.11. The minimum atomic E-state index is 0.237. The van der Waals surface area contributed by atoms with Crippen LogP contribution in [0, 0.1) is 5.41 Å². The summed E-state index contributed by atoms with van der Waals surface area (Å²) in [4.78, 5) is 4.35. The molecule has 0 spiro atoms. The predicted octanol–water partition coefficient (Wildman–Crippen LogP) is 2.29. The summed E-state index contributed by atoms with van der Waals surface area (Å²) in [5, 5.41) is 12.7. The second-order valence-corrected chi connectivity index (χ2v) is 5.39. The van der Waals surface area contributed by atoms with Crippen LogP contribution in [0.15, 0.2) is 59.7 Å². The third kappa shape index (κ3) is 2.90. The quantitative estimate of drug-likeness (QED) is 0.634. The first kappa shape index (κ1) is 13.3. The van der Waals surface area contributed by atoms with Gasteiger partial charge in [0.15, 0.2) is 11.2 Å². The molecule has 0 aliphatic carbocycles. The van der Waals surface area contributed by atoms with Gasteiger partial charge in [-0.25, -0.2) is 4.98 Å². The van der Waals surface area contributed by atoms with Gasteiger partial charge in [0.1, 0.15) is 4.67 Å². The molecular formula is C15H13N5S. The molecule has 5 nitrogen and oxygen atoms in total. The maximum atomic E-state index is 8.14. The lowest BCUT2D eigenvalue weighted by Crippen LogP contribution is -2.25. The van der Waals surface area contributed by atoms with E-state index in [0.717, 1.165) is 15.9 Å². The van der Waals surface area contributed by atoms with E-state index in [1.807, 2.05) is 54.6 Å². The lowest BCUT2D eigenvalue weighted by molar-refractivity contribution is 1.15. The van der Waals surface area contributed by atoms with Gasteiger partial charge in [-0.15, -0.1) is 11.3 Å². The maximum Gasteiger partial charge on any atom is 0.160 e. The molecule has 21 heavy (non-hydrogen) atoms. The summed E-state index contributed by atoms with van der Waals surface area (Å²) >= 11 is 1.30. The number of nitrogens with zero attached hydrogens (tertiary/aromatic N) is 2. The molecule has 0 radical (unpaired) electrons. The Morgan fingerprint density at radius 2 is 1.76 bits per heavy atom. The minimum Gasteiger partial charge on any atom is -0.382 e. The smallest absolute Gasteiger partial charge is 0.160 e. The van der Waals surface area contributed by atoms with Gasteiger partial charge in [0.2, 0.25) is 0 Å². The van der Waals surface area contributed by atoms with Crippen LogP contribution in [0.25, 0.3) is 10.2 Å². The first-order chi connectivity index (χ1) is 10.2. The fourth-order valence-corrected chi connectivity index (χ4v) is 2.67. The Hall–Kier alpha value is -2.73. The van der Waals surface area contributed by atoms with E-state index in [1.54, 1.807) is 0 Å². The van der Waals surface area contributed by atoms with Crippen molar-refractivity contribution in [1.29, 1.82) is 5.41 Å². The van der Waals surface area contributed by atoms with Crippen molar-refractivity contribution in [3.8, 4) is 0 Å². The molecule has 104 valence electrons. The Labute approximate surface area is 124 Å². The van der Waals surface area contributed by atoms with Crippen molar-refractivity contribution in [1.82, 2.24) is 4.98 Å². The number of hydrogen-bond acceptors (Lipinski definition) is 6. The topological polar surface area (TPSA) is 87.2 Å². The summed E-state index contributed by atoms with van der Waals surface area (Å²) in [6.07, 6.45) is 0. The first-order valence-corrected chi connectivity index (χ1v) is 7.15. The maximum absolute atomic E-state index is 8.14. The molecule has 0 saturated carbocycles. The van der Waals surface area contributed by atoms with Gasteiger partial charge in [-0.2, -0.15) is 5.10 Å². The van der Waals surface area contributed by atoms with Crippen molar-refractivity contribution in [2.24, 2.45) is 5.10 Å². The van der Waals surface area contributed by atoms with Crippen LogP contribution in [0.3, 0.4) is 0 Å². The van der Waals surface area contributed by atoms with Crippen LogP contribution >= 0.6 is 11.3 Å². The number of para-hydroxylation sites is 2. The van der Waals surface area contributed by atoms with Crippen molar-refractivity contribution >= 4 is 33.1 Å². The van der Waals surface area contributed by atoms with E-state index in [2.05, 4.69) is 15.5 Å². The van der Waals surface area contributed by atoms with Crippen LogP contribution in [-0.2, 0) is 0 Å². The number of nitrogen functional groups attached to an aromatic ring is 1. The first-order valence-electron chi connectivity index (χ1n) is 6.33. The standard InChI is InChI=1S/C15H13N5S/c16-14-13(20-19-10-6-2-1-3-7-10)15(17)21-12-9-5-4-8-11(12)18-14/h1-9,17,19H,(H2,16,18). The van der Waals surface area contributed by atoms with Crippen molar-refractivity contribution in [3.63, 3.8) is 0 Å². The van der Waals surface area contributed by atoms with Gasteiger partial charge in [0, 0.05) is 0 Å². The second-order valence-electron chi connectivity index (χ2n) is 4.33. The lowest BCUT2D eigenvalue weighted by atomic mass is 10.3. The highest BCUT2D eigenvalue weighted by atomic mass is 32.1. The molecule has 0 amide bonds. The molecule has 0 aliphatic rings. The number of nitrogens with one attached hydrogen (secondary N) is 2. The van der Waals surface area contributed by atoms with Crippen LogP contribution in [0.4, 0.5) is 11.5 Å². The molecular weight excluding hydrogens is 282 g/mol. The van der Waals surface area contributed by atoms with E-state index in [4.69, 9.17) is 11.1 Å². The number of rotatable bonds is 2. The van der Waals surface area contributed by atoms with Gasteiger partial charge < -0.3 is 5.73 Å². The number of benzene rings is 2. The van der Waals surface area contributed by atoms with Gasteiger partial charge in [0.05, 0.1) is 15.9 Å². The summed E-state index contributed by atoms with van der Waals surface area (Å²) < 4.78 is 1.17. The largest absolute Gasteiger partial charge is 0.382 e. The fraction of sp³-hybridized carbons (Fsp3) is 0. The molecule has 6 heteroatoms. The molecule has 0 fully saturated rings. The minimum absolute atomic E-state index is 0.237. The molecule has 4 N–H and O–H groups in total. The molecule has 1 heterocycles. The van der Waals surface area contributed by atoms with Gasteiger partial charge in [0.25, 0.3) is 0 Å². The monoisotopic (exact) mass is 295 g/mol. The molecule has 2 aromatic carbocycles. The van der Waals surface area contributed by atoms with E-state index >= 15 is 0 Å². The zero-order chi connectivity index (χ0) is 14.7. The van der Waals surface area contributed by atoms with E-state index in [0.29, 0.717) is 5.36 Å². The molecule has 0 aliphatic heterocycles. The third-order valence-corrected chi connectivity index (χ3v) is 3.81. The van der Waals surface area contributed by atoms with Crippen LogP contribution in [0.5, 0.6) is 0 Å². The van der Waals surface area contributed by atoms with Gasteiger partial charge in [-0.3, -0.25) is 10.8 Å². The normalized spacial score (nSPS) is 11.5. The van der Waals surface area contributed by atoms with E-state index in [1.165, 1.54) is 11.3 Å². The van der Waals surface area contributed by atoms with E-state index < -0.39 is 0 Å². The Morgan fingerprint density at radius 3 is 2.57 bits per heavy atom. The molecule has 3 rings (SSSR count). The zero-order valence-corrected chi connectivity index (χ0v) is 11.9. The summed E-state index contributed by atoms with van der Waals surface area (Å²) in [5.74, 6) is 0.237. The van der Waals surface area contributed by atoms with Crippen LogP contribution in [0.1, 0.15) is 0 Å².